The molecule has 1 aromatic rings. The Balaban J connectivity index is 2.47. The molecule has 0 spiro atoms. The number of carbonyl (C=O) groups is 2. The van der Waals surface area contributed by atoms with Crippen LogP contribution in [0.15, 0.2) is 54.3 Å². The van der Waals surface area contributed by atoms with Crippen molar-refractivity contribution in [3.05, 3.63) is 54.3 Å². The third-order valence-electron chi connectivity index (χ3n) is 2.91. The number of amides is 1. The fraction of sp³-hybridized carbons (Fsp3) is 0.143. The number of carboxylic acids is 1. The number of carboxylic acid groups (broad SMARTS) is 1. The van der Waals surface area contributed by atoms with E-state index in [2.05, 4.69) is 6.58 Å². The normalized spacial score (nSPS) is 19.7. The molecule has 0 saturated heterocycles. The second-order valence-electron chi connectivity index (χ2n) is 4.16. The minimum atomic E-state index is -0.998. The van der Waals surface area contributed by atoms with Crippen LogP contribution in [0.3, 0.4) is 0 Å². The van der Waals surface area contributed by atoms with Gasteiger partial charge in [0, 0.05) is 17.5 Å². The Labute approximate surface area is 105 Å². The van der Waals surface area contributed by atoms with Gasteiger partial charge in [-0.15, -0.1) is 0 Å². The van der Waals surface area contributed by atoms with Gasteiger partial charge in [0.05, 0.1) is 0 Å². The fourth-order valence-corrected chi connectivity index (χ4v) is 2.08. The molecular formula is C14H13NO3. The van der Waals surface area contributed by atoms with Gasteiger partial charge in [-0.05, 0) is 24.6 Å². The number of aliphatic carboxylic acids is 1. The molecule has 1 aliphatic heterocycles. The van der Waals surface area contributed by atoms with Crippen molar-refractivity contribution in [3.63, 3.8) is 0 Å². The molecule has 4 heteroatoms. The number of anilines is 1. The molecule has 1 aromatic carbocycles. The monoisotopic (exact) mass is 243 g/mol. The summed E-state index contributed by atoms with van der Waals surface area (Å²) in [7, 11) is 0. The Kier molecular flexibility index (Phi) is 3.02. The molecule has 1 N–H and O–H groups in total. The number of hydrogen-bond acceptors (Lipinski definition) is 2. The van der Waals surface area contributed by atoms with E-state index in [-0.39, 0.29) is 11.6 Å². The minimum absolute atomic E-state index is 0.263. The van der Waals surface area contributed by atoms with Gasteiger partial charge in [-0.1, -0.05) is 24.8 Å². The van der Waals surface area contributed by atoms with Gasteiger partial charge < -0.3 is 5.11 Å². The molecule has 4 nitrogen and oxygen atoms in total. The Morgan fingerprint density at radius 1 is 1.33 bits per heavy atom. The number of benzene rings is 1. The van der Waals surface area contributed by atoms with Crippen molar-refractivity contribution < 1.29 is 14.7 Å². The van der Waals surface area contributed by atoms with Crippen LogP contribution in [-0.4, -0.2) is 17.0 Å². The van der Waals surface area contributed by atoms with Crippen molar-refractivity contribution in [3.8, 4) is 0 Å². The molecule has 0 radical (unpaired) electrons. The van der Waals surface area contributed by atoms with Crippen molar-refractivity contribution in [2.45, 2.75) is 6.92 Å². The van der Waals surface area contributed by atoms with Crippen molar-refractivity contribution in [1.29, 1.82) is 0 Å². The van der Waals surface area contributed by atoms with Crippen LogP contribution >= 0.6 is 0 Å². The molecule has 1 unspecified atom stereocenters. The first-order valence-electron chi connectivity index (χ1n) is 5.51. The molecule has 0 bridgehead atoms. The molecule has 1 heterocycles. The third kappa shape index (κ3) is 1.93. The van der Waals surface area contributed by atoms with Gasteiger partial charge in [0.2, 0.25) is 0 Å². The zero-order chi connectivity index (χ0) is 13.3. The van der Waals surface area contributed by atoms with Gasteiger partial charge in [0.15, 0.2) is 0 Å². The maximum absolute atomic E-state index is 12.0. The lowest BCUT2D eigenvalue weighted by Crippen LogP contribution is -2.39. The predicted molar refractivity (Wildman–Crippen MR) is 68.0 cm³/mol. The first-order chi connectivity index (χ1) is 8.52. The van der Waals surface area contributed by atoms with Crippen LogP contribution in [0.1, 0.15) is 6.92 Å². The summed E-state index contributed by atoms with van der Waals surface area (Å²) in [6, 6.07) is 8.90. The summed E-state index contributed by atoms with van der Waals surface area (Å²) in [6.45, 7) is 5.39. The molecule has 1 aliphatic rings. The maximum Gasteiger partial charge on any atom is 0.316 e. The largest absolute Gasteiger partial charge is 0.481 e. The van der Waals surface area contributed by atoms with Crippen molar-refractivity contribution in [2.24, 2.45) is 5.92 Å². The van der Waals surface area contributed by atoms with Gasteiger partial charge in [-0.2, -0.15) is 0 Å². The Bertz CT molecular complexity index is 545. The van der Waals surface area contributed by atoms with Crippen LogP contribution in [0.4, 0.5) is 5.69 Å². The molecule has 0 aliphatic carbocycles. The Morgan fingerprint density at radius 2 is 1.94 bits per heavy atom. The van der Waals surface area contributed by atoms with Gasteiger partial charge in [0.25, 0.3) is 5.91 Å². The molecule has 2 rings (SSSR count). The summed E-state index contributed by atoms with van der Waals surface area (Å²) in [4.78, 5) is 24.5. The van der Waals surface area contributed by atoms with Crippen LogP contribution in [0.2, 0.25) is 0 Å². The minimum Gasteiger partial charge on any atom is -0.481 e. The van der Waals surface area contributed by atoms with E-state index in [4.69, 9.17) is 0 Å². The molecular weight excluding hydrogens is 230 g/mol. The second-order valence-corrected chi connectivity index (χ2v) is 4.16. The van der Waals surface area contributed by atoms with E-state index >= 15 is 0 Å². The molecule has 0 fully saturated rings. The second kappa shape index (κ2) is 4.49. The summed E-state index contributed by atoms with van der Waals surface area (Å²) in [5.74, 6) is -2.11. The first kappa shape index (κ1) is 12.1. The SMILES string of the molecule is C=C1C(C(=O)O)C(C)=CC(=O)N1c1ccccc1. The van der Waals surface area contributed by atoms with E-state index in [0.29, 0.717) is 11.3 Å². The van der Waals surface area contributed by atoms with Crippen molar-refractivity contribution in [2.75, 3.05) is 4.90 Å². The summed E-state index contributed by atoms with van der Waals surface area (Å²) in [5, 5.41) is 9.19. The average molecular weight is 243 g/mol. The lowest BCUT2D eigenvalue weighted by molar-refractivity contribution is -0.139. The van der Waals surface area contributed by atoms with Gasteiger partial charge in [-0.3, -0.25) is 14.5 Å². The average Bonchev–Trinajstić information content (AvgIpc) is 2.28. The predicted octanol–water partition coefficient (Wildman–Crippen LogP) is 2.19. The smallest absolute Gasteiger partial charge is 0.316 e. The van der Waals surface area contributed by atoms with E-state index in [0.717, 1.165) is 0 Å². The third-order valence-corrected chi connectivity index (χ3v) is 2.91. The quantitative estimate of drug-likeness (QED) is 0.866. The highest BCUT2D eigenvalue weighted by Gasteiger charge is 2.34. The lowest BCUT2D eigenvalue weighted by Gasteiger charge is -2.31. The van der Waals surface area contributed by atoms with E-state index in [9.17, 15) is 14.7 Å². The van der Waals surface area contributed by atoms with Gasteiger partial charge in [-0.25, -0.2) is 0 Å². The van der Waals surface area contributed by atoms with E-state index in [1.165, 1.54) is 11.0 Å². The van der Waals surface area contributed by atoms with Crippen LogP contribution < -0.4 is 4.90 Å². The van der Waals surface area contributed by atoms with Crippen LogP contribution in [0.5, 0.6) is 0 Å². The number of carbonyl (C=O) groups excluding carboxylic acids is 1. The molecule has 1 amide bonds. The number of rotatable bonds is 2. The molecule has 1 atom stereocenters. The Hall–Kier alpha value is -2.36. The summed E-state index contributed by atoms with van der Waals surface area (Å²) >= 11 is 0. The standard InChI is InChI=1S/C14H13NO3/c1-9-8-12(16)15(10(2)13(9)14(17)18)11-6-4-3-5-7-11/h3-8,13H,2H2,1H3,(H,17,18). The van der Waals surface area contributed by atoms with Crippen LogP contribution in [0.25, 0.3) is 0 Å². The first-order valence-corrected chi connectivity index (χ1v) is 5.51. The van der Waals surface area contributed by atoms with Crippen LogP contribution in [-0.2, 0) is 9.59 Å². The lowest BCUT2D eigenvalue weighted by atomic mass is 9.92. The van der Waals surface area contributed by atoms with Crippen molar-refractivity contribution >= 4 is 17.6 Å². The highest BCUT2D eigenvalue weighted by atomic mass is 16.4. The number of nitrogens with zero attached hydrogens (tertiary/aromatic N) is 1. The fourth-order valence-electron chi connectivity index (χ4n) is 2.08. The number of para-hydroxylation sites is 1. The zero-order valence-corrected chi connectivity index (χ0v) is 9.96. The molecule has 18 heavy (non-hydrogen) atoms. The van der Waals surface area contributed by atoms with Gasteiger partial charge in [0.1, 0.15) is 5.92 Å². The number of hydrogen-bond donors (Lipinski definition) is 1. The van der Waals surface area contributed by atoms with Crippen LogP contribution in [0, 0.1) is 5.92 Å². The van der Waals surface area contributed by atoms with E-state index in [1.54, 1.807) is 31.2 Å². The zero-order valence-electron chi connectivity index (χ0n) is 9.96. The van der Waals surface area contributed by atoms with Crippen molar-refractivity contribution in [1.82, 2.24) is 0 Å². The molecule has 0 aromatic heterocycles. The highest BCUT2D eigenvalue weighted by molar-refractivity contribution is 6.07. The maximum atomic E-state index is 12.0. The van der Waals surface area contributed by atoms with E-state index in [1.807, 2.05) is 6.07 Å². The molecule has 0 saturated carbocycles. The van der Waals surface area contributed by atoms with Gasteiger partial charge >= 0.3 is 5.97 Å². The summed E-state index contributed by atoms with van der Waals surface area (Å²) in [5.41, 5.74) is 1.41. The Morgan fingerprint density at radius 3 is 2.50 bits per heavy atom. The van der Waals surface area contributed by atoms with E-state index < -0.39 is 11.9 Å². The summed E-state index contributed by atoms with van der Waals surface area (Å²) < 4.78 is 0. The molecule has 92 valence electrons. The topological polar surface area (TPSA) is 57.6 Å². The highest BCUT2D eigenvalue weighted by Crippen LogP contribution is 2.31. The summed E-state index contributed by atoms with van der Waals surface area (Å²) in [6.07, 6.45) is 1.35.